The zero-order chi connectivity index (χ0) is 11.1. The van der Waals surface area contributed by atoms with E-state index in [1.165, 1.54) is 0 Å². The zero-order valence-corrected chi connectivity index (χ0v) is 9.16. The molecule has 86 valence electrons. The molecule has 0 saturated carbocycles. The fraction of sp³-hybridized carbons (Fsp3) is 0.818. The van der Waals surface area contributed by atoms with Crippen molar-refractivity contribution in [3.05, 3.63) is 0 Å². The van der Waals surface area contributed by atoms with Gasteiger partial charge >= 0.3 is 11.9 Å². The first-order valence-corrected chi connectivity index (χ1v) is 5.53. The predicted molar refractivity (Wildman–Crippen MR) is 54.2 cm³/mol. The van der Waals surface area contributed by atoms with Gasteiger partial charge in [0, 0.05) is 26.1 Å². The van der Waals surface area contributed by atoms with E-state index in [0.29, 0.717) is 38.4 Å². The number of rotatable bonds is 4. The van der Waals surface area contributed by atoms with Crippen molar-refractivity contribution >= 4 is 11.9 Å². The monoisotopic (exact) mass is 214 g/mol. The van der Waals surface area contributed by atoms with Crippen LogP contribution in [0.15, 0.2) is 0 Å². The van der Waals surface area contributed by atoms with Gasteiger partial charge in [-0.15, -0.1) is 0 Å². The average Bonchev–Trinajstić information content (AvgIpc) is 2.19. The van der Waals surface area contributed by atoms with Crippen molar-refractivity contribution in [3.8, 4) is 0 Å². The molecule has 1 heterocycles. The smallest absolute Gasteiger partial charge is 0.313 e. The van der Waals surface area contributed by atoms with Gasteiger partial charge in [-0.3, -0.25) is 9.59 Å². The van der Waals surface area contributed by atoms with Gasteiger partial charge in [0.2, 0.25) is 0 Å². The summed E-state index contributed by atoms with van der Waals surface area (Å²) in [6.07, 6.45) is 3.15. The summed E-state index contributed by atoms with van der Waals surface area (Å²) in [7, 11) is 0. The molecule has 0 aromatic carbocycles. The first kappa shape index (κ1) is 12.2. The standard InChI is InChI=1S/C11H18O4/c1-2-3-10(12)15-11(13)8-9-4-6-14-7-5-9/h9H,2-8H2,1H3. The molecule has 0 radical (unpaired) electrons. The van der Waals surface area contributed by atoms with Crippen LogP contribution in [0.5, 0.6) is 0 Å². The van der Waals surface area contributed by atoms with Gasteiger partial charge < -0.3 is 9.47 Å². The van der Waals surface area contributed by atoms with Gasteiger partial charge in [-0.2, -0.15) is 0 Å². The van der Waals surface area contributed by atoms with E-state index in [4.69, 9.17) is 4.74 Å². The third kappa shape index (κ3) is 4.93. The van der Waals surface area contributed by atoms with E-state index in [-0.39, 0.29) is 5.97 Å². The molecule has 0 unspecified atom stereocenters. The average molecular weight is 214 g/mol. The SMILES string of the molecule is CCCC(=O)OC(=O)CC1CCOCC1. The number of esters is 2. The van der Waals surface area contributed by atoms with Crippen molar-refractivity contribution in [3.63, 3.8) is 0 Å². The van der Waals surface area contributed by atoms with E-state index in [1.807, 2.05) is 6.92 Å². The maximum absolute atomic E-state index is 11.3. The first-order chi connectivity index (χ1) is 7.22. The lowest BCUT2D eigenvalue weighted by atomic mass is 9.97. The van der Waals surface area contributed by atoms with Crippen LogP contribution in [0.3, 0.4) is 0 Å². The summed E-state index contributed by atoms with van der Waals surface area (Å²) < 4.78 is 9.86. The van der Waals surface area contributed by atoms with Gasteiger partial charge in [-0.1, -0.05) is 6.92 Å². The molecule has 0 spiro atoms. The predicted octanol–water partition coefficient (Wildman–Crippen LogP) is 1.67. The molecule has 4 heteroatoms. The third-order valence-corrected chi connectivity index (χ3v) is 2.48. The second kappa shape index (κ2) is 6.56. The number of hydrogen-bond donors (Lipinski definition) is 0. The van der Waals surface area contributed by atoms with E-state index in [2.05, 4.69) is 4.74 Å². The van der Waals surface area contributed by atoms with E-state index < -0.39 is 5.97 Å². The summed E-state index contributed by atoms with van der Waals surface area (Å²) in [6.45, 7) is 3.30. The van der Waals surface area contributed by atoms with E-state index >= 15 is 0 Å². The van der Waals surface area contributed by atoms with Gasteiger partial charge in [0.15, 0.2) is 0 Å². The molecule has 0 aromatic heterocycles. The van der Waals surface area contributed by atoms with Crippen LogP contribution in [0.2, 0.25) is 0 Å². The Morgan fingerprint density at radius 3 is 2.53 bits per heavy atom. The van der Waals surface area contributed by atoms with E-state index in [0.717, 1.165) is 12.8 Å². The second-order valence-electron chi connectivity index (χ2n) is 3.86. The Morgan fingerprint density at radius 1 is 1.27 bits per heavy atom. The summed E-state index contributed by atoms with van der Waals surface area (Å²) in [5, 5.41) is 0. The topological polar surface area (TPSA) is 52.6 Å². The Hall–Kier alpha value is -0.900. The van der Waals surface area contributed by atoms with Gasteiger partial charge in [0.1, 0.15) is 0 Å². The number of carbonyl (C=O) groups is 2. The molecule has 0 atom stereocenters. The molecule has 15 heavy (non-hydrogen) atoms. The minimum atomic E-state index is -0.408. The fourth-order valence-electron chi connectivity index (χ4n) is 1.61. The van der Waals surface area contributed by atoms with Crippen LogP contribution in [0.4, 0.5) is 0 Å². The zero-order valence-electron chi connectivity index (χ0n) is 9.16. The van der Waals surface area contributed by atoms with Crippen molar-refractivity contribution in [1.29, 1.82) is 0 Å². The summed E-state index contributed by atoms with van der Waals surface area (Å²) >= 11 is 0. The molecule has 0 amide bonds. The summed E-state index contributed by atoms with van der Waals surface area (Å²) in [5.74, 6) is -0.476. The Labute approximate surface area is 89.9 Å². The molecule has 1 aliphatic rings. The van der Waals surface area contributed by atoms with Crippen molar-refractivity contribution in [2.45, 2.75) is 39.0 Å². The minimum Gasteiger partial charge on any atom is -0.393 e. The minimum absolute atomic E-state index is 0.319. The maximum Gasteiger partial charge on any atom is 0.313 e. The summed E-state index contributed by atoms with van der Waals surface area (Å²) in [6, 6.07) is 0. The van der Waals surface area contributed by atoms with Gasteiger partial charge in [-0.25, -0.2) is 0 Å². The molecular weight excluding hydrogens is 196 g/mol. The van der Waals surface area contributed by atoms with Crippen LogP contribution >= 0.6 is 0 Å². The second-order valence-corrected chi connectivity index (χ2v) is 3.86. The lowest BCUT2D eigenvalue weighted by Gasteiger charge is -2.20. The molecule has 1 saturated heterocycles. The molecule has 0 aliphatic carbocycles. The number of ether oxygens (including phenoxy) is 2. The lowest BCUT2D eigenvalue weighted by molar-refractivity contribution is -0.160. The summed E-state index contributed by atoms with van der Waals surface area (Å²) in [5.41, 5.74) is 0. The molecular formula is C11H18O4. The quantitative estimate of drug-likeness (QED) is 0.527. The lowest BCUT2D eigenvalue weighted by Crippen LogP contribution is -2.21. The Balaban J connectivity index is 2.19. The van der Waals surface area contributed by atoms with Crippen molar-refractivity contribution < 1.29 is 19.1 Å². The highest BCUT2D eigenvalue weighted by molar-refractivity contribution is 5.85. The van der Waals surface area contributed by atoms with Crippen molar-refractivity contribution in [1.82, 2.24) is 0 Å². The highest BCUT2D eigenvalue weighted by atomic mass is 16.6. The van der Waals surface area contributed by atoms with Crippen LogP contribution in [0.1, 0.15) is 39.0 Å². The third-order valence-electron chi connectivity index (χ3n) is 2.48. The molecule has 0 bridgehead atoms. The molecule has 1 rings (SSSR count). The van der Waals surface area contributed by atoms with E-state index in [9.17, 15) is 9.59 Å². The molecule has 0 aromatic rings. The molecule has 0 N–H and O–H groups in total. The number of carbonyl (C=O) groups excluding carboxylic acids is 2. The molecule has 1 fully saturated rings. The highest BCUT2D eigenvalue weighted by Crippen LogP contribution is 2.18. The fourth-order valence-corrected chi connectivity index (χ4v) is 1.61. The van der Waals surface area contributed by atoms with Gasteiger partial charge in [-0.05, 0) is 25.2 Å². The Bertz CT molecular complexity index is 219. The Morgan fingerprint density at radius 2 is 1.93 bits per heavy atom. The molecule has 1 aliphatic heterocycles. The highest BCUT2D eigenvalue weighted by Gasteiger charge is 2.19. The van der Waals surface area contributed by atoms with Gasteiger partial charge in [0.25, 0.3) is 0 Å². The van der Waals surface area contributed by atoms with Crippen LogP contribution in [-0.4, -0.2) is 25.2 Å². The first-order valence-electron chi connectivity index (χ1n) is 5.53. The number of hydrogen-bond acceptors (Lipinski definition) is 4. The van der Waals surface area contributed by atoms with Crippen LogP contribution in [-0.2, 0) is 19.1 Å². The van der Waals surface area contributed by atoms with Crippen LogP contribution in [0, 0.1) is 5.92 Å². The normalized spacial score (nSPS) is 17.4. The Kier molecular flexibility index (Phi) is 5.32. The van der Waals surface area contributed by atoms with Crippen LogP contribution in [0.25, 0.3) is 0 Å². The van der Waals surface area contributed by atoms with Gasteiger partial charge in [0.05, 0.1) is 0 Å². The maximum atomic E-state index is 11.3. The van der Waals surface area contributed by atoms with Crippen molar-refractivity contribution in [2.75, 3.05) is 13.2 Å². The van der Waals surface area contributed by atoms with Crippen molar-refractivity contribution in [2.24, 2.45) is 5.92 Å². The summed E-state index contributed by atoms with van der Waals surface area (Å²) in [4.78, 5) is 22.3. The van der Waals surface area contributed by atoms with Crippen LogP contribution < -0.4 is 0 Å². The van der Waals surface area contributed by atoms with E-state index in [1.54, 1.807) is 0 Å². The largest absolute Gasteiger partial charge is 0.393 e. The molecule has 4 nitrogen and oxygen atoms in total.